The number of ether oxygens (including phenoxy) is 1. The molecule has 0 spiro atoms. The molecule has 1 N–H and O–H groups in total. The van der Waals surface area contributed by atoms with Gasteiger partial charge in [-0.25, -0.2) is 9.78 Å². The summed E-state index contributed by atoms with van der Waals surface area (Å²) in [5, 5.41) is 0. The molecule has 5 heteroatoms. The van der Waals surface area contributed by atoms with Crippen molar-refractivity contribution in [3.63, 3.8) is 0 Å². The van der Waals surface area contributed by atoms with E-state index in [0.29, 0.717) is 6.61 Å². The predicted octanol–water partition coefficient (Wildman–Crippen LogP) is 0.727. The van der Waals surface area contributed by atoms with Crippen molar-refractivity contribution >= 4 is 5.97 Å². The minimum Gasteiger partial charge on any atom is -0.462 e. The fourth-order valence-electron chi connectivity index (χ4n) is 0.876. The van der Waals surface area contributed by atoms with Gasteiger partial charge in [0.05, 0.1) is 12.9 Å². The van der Waals surface area contributed by atoms with Crippen LogP contribution in [-0.2, 0) is 4.74 Å². The van der Waals surface area contributed by atoms with Crippen LogP contribution >= 0.6 is 0 Å². The van der Waals surface area contributed by atoms with Gasteiger partial charge < -0.3 is 9.72 Å². The van der Waals surface area contributed by atoms with Crippen molar-refractivity contribution in [1.82, 2.24) is 9.97 Å². The van der Waals surface area contributed by atoms with E-state index in [1.54, 1.807) is 0 Å². The molecule has 0 radical (unpaired) electrons. The van der Waals surface area contributed by atoms with E-state index in [1.807, 2.05) is 6.92 Å². The van der Waals surface area contributed by atoms with Gasteiger partial charge in [0.1, 0.15) is 5.56 Å². The molecule has 76 valence electrons. The minimum absolute atomic E-state index is 0.0522. The van der Waals surface area contributed by atoms with Crippen LogP contribution in [0.3, 0.4) is 0 Å². The van der Waals surface area contributed by atoms with Crippen LogP contribution in [0.5, 0.6) is 0 Å². The average molecular weight is 196 g/mol. The van der Waals surface area contributed by atoms with Gasteiger partial charge in [-0.3, -0.25) is 4.79 Å². The van der Waals surface area contributed by atoms with E-state index < -0.39 is 11.5 Å². The molecule has 0 aromatic carbocycles. The van der Waals surface area contributed by atoms with Crippen molar-refractivity contribution in [3.05, 3.63) is 28.4 Å². The van der Waals surface area contributed by atoms with Gasteiger partial charge in [-0.15, -0.1) is 0 Å². The summed E-state index contributed by atoms with van der Waals surface area (Å²) >= 11 is 0. The van der Waals surface area contributed by atoms with Crippen LogP contribution in [0.4, 0.5) is 0 Å². The molecule has 5 nitrogen and oxygen atoms in total. The standard InChI is InChI=1S/C9H12N2O3/c1-2-3-4-14-9(13)7-5-10-6-11-8(7)12/h5-6H,2-4H2,1H3,(H,10,11,12). The Hall–Kier alpha value is -1.65. The zero-order chi connectivity index (χ0) is 10.4. The number of aromatic amines is 1. The summed E-state index contributed by atoms with van der Waals surface area (Å²) < 4.78 is 4.85. The van der Waals surface area contributed by atoms with E-state index >= 15 is 0 Å². The number of nitrogens with zero attached hydrogens (tertiary/aromatic N) is 1. The molecule has 0 saturated carbocycles. The molecular weight excluding hydrogens is 184 g/mol. The lowest BCUT2D eigenvalue weighted by Gasteiger charge is -2.01. The molecule has 1 rings (SSSR count). The van der Waals surface area contributed by atoms with Crippen molar-refractivity contribution in [2.24, 2.45) is 0 Å². The van der Waals surface area contributed by atoms with Gasteiger partial charge in [0.15, 0.2) is 0 Å². The molecule has 1 aromatic rings. The highest BCUT2D eigenvalue weighted by Crippen LogP contribution is 1.94. The molecule has 14 heavy (non-hydrogen) atoms. The number of nitrogens with one attached hydrogen (secondary N) is 1. The van der Waals surface area contributed by atoms with Crippen molar-refractivity contribution in [1.29, 1.82) is 0 Å². The molecule has 0 aliphatic carbocycles. The molecule has 0 atom stereocenters. The lowest BCUT2D eigenvalue weighted by molar-refractivity contribution is 0.0497. The zero-order valence-electron chi connectivity index (χ0n) is 7.95. The summed E-state index contributed by atoms with van der Waals surface area (Å²) in [5.41, 5.74) is -0.523. The molecule has 0 bridgehead atoms. The van der Waals surface area contributed by atoms with E-state index in [1.165, 1.54) is 12.5 Å². The first-order chi connectivity index (χ1) is 6.75. The number of aromatic nitrogens is 2. The number of esters is 1. The number of hydrogen-bond donors (Lipinski definition) is 1. The summed E-state index contributed by atoms with van der Waals surface area (Å²) in [5.74, 6) is -0.618. The number of H-pyrrole nitrogens is 1. The monoisotopic (exact) mass is 196 g/mol. The second-order valence-electron chi connectivity index (χ2n) is 2.78. The van der Waals surface area contributed by atoms with Crippen LogP contribution in [0.1, 0.15) is 30.1 Å². The maximum Gasteiger partial charge on any atom is 0.345 e. The van der Waals surface area contributed by atoms with Gasteiger partial charge in [-0.1, -0.05) is 13.3 Å². The van der Waals surface area contributed by atoms with E-state index in [0.717, 1.165) is 12.8 Å². The topological polar surface area (TPSA) is 72.0 Å². The SMILES string of the molecule is CCCCOC(=O)c1cnc[nH]c1=O. The highest BCUT2D eigenvalue weighted by molar-refractivity contribution is 5.88. The first kappa shape index (κ1) is 10.4. The summed E-state index contributed by atoms with van der Waals surface area (Å²) in [6.07, 6.45) is 4.17. The van der Waals surface area contributed by atoms with Gasteiger partial charge >= 0.3 is 5.97 Å². The molecule has 0 saturated heterocycles. The Morgan fingerprint density at radius 2 is 2.43 bits per heavy atom. The van der Waals surface area contributed by atoms with Crippen LogP contribution in [0.2, 0.25) is 0 Å². The Balaban J connectivity index is 2.61. The molecule has 0 aliphatic rings. The largest absolute Gasteiger partial charge is 0.462 e. The number of hydrogen-bond acceptors (Lipinski definition) is 4. The van der Waals surface area contributed by atoms with Crippen molar-refractivity contribution in [2.75, 3.05) is 6.61 Å². The second kappa shape index (κ2) is 5.16. The van der Waals surface area contributed by atoms with Crippen LogP contribution in [0.15, 0.2) is 17.3 Å². The van der Waals surface area contributed by atoms with Gasteiger partial charge in [-0.05, 0) is 6.42 Å². The smallest absolute Gasteiger partial charge is 0.345 e. The maximum absolute atomic E-state index is 11.3. The highest BCUT2D eigenvalue weighted by atomic mass is 16.5. The van der Waals surface area contributed by atoms with Crippen molar-refractivity contribution < 1.29 is 9.53 Å². The zero-order valence-corrected chi connectivity index (χ0v) is 7.95. The third kappa shape index (κ3) is 2.69. The Morgan fingerprint density at radius 3 is 3.07 bits per heavy atom. The lowest BCUT2D eigenvalue weighted by atomic mass is 10.3. The summed E-state index contributed by atoms with van der Waals surface area (Å²) in [4.78, 5) is 28.3. The van der Waals surface area contributed by atoms with Crippen LogP contribution in [0.25, 0.3) is 0 Å². The number of unbranched alkanes of at least 4 members (excludes halogenated alkanes) is 1. The number of rotatable bonds is 4. The molecule has 0 unspecified atom stereocenters. The fourth-order valence-corrected chi connectivity index (χ4v) is 0.876. The Labute approximate surface area is 81.1 Å². The molecule has 1 aromatic heterocycles. The number of carbonyl (C=O) groups is 1. The Morgan fingerprint density at radius 1 is 1.64 bits per heavy atom. The van der Waals surface area contributed by atoms with Crippen LogP contribution < -0.4 is 5.56 Å². The summed E-state index contributed by atoms with van der Waals surface area (Å²) in [6, 6.07) is 0. The quantitative estimate of drug-likeness (QED) is 0.569. The molecular formula is C9H12N2O3. The van der Waals surface area contributed by atoms with Crippen LogP contribution in [0, 0.1) is 0 Å². The summed E-state index contributed by atoms with van der Waals surface area (Å²) in [6.45, 7) is 2.33. The Bertz CT molecular complexity index is 359. The third-order valence-corrected chi connectivity index (χ3v) is 1.67. The lowest BCUT2D eigenvalue weighted by Crippen LogP contribution is -2.19. The van der Waals surface area contributed by atoms with Gasteiger partial charge in [0.2, 0.25) is 0 Å². The molecule has 0 amide bonds. The molecule has 1 heterocycles. The van der Waals surface area contributed by atoms with E-state index in [9.17, 15) is 9.59 Å². The maximum atomic E-state index is 11.3. The highest BCUT2D eigenvalue weighted by Gasteiger charge is 2.10. The van der Waals surface area contributed by atoms with Gasteiger partial charge in [-0.2, -0.15) is 0 Å². The van der Waals surface area contributed by atoms with Gasteiger partial charge in [0, 0.05) is 6.20 Å². The molecule has 0 aliphatic heterocycles. The van der Waals surface area contributed by atoms with Crippen molar-refractivity contribution in [2.45, 2.75) is 19.8 Å². The first-order valence-electron chi connectivity index (χ1n) is 4.45. The summed E-state index contributed by atoms with van der Waals surface area (Å²) in [7, 11) is 0. The average Bonchev–Trinajstić information content (AvgIpc) is 2.18. The third-order valence-electron chi connectivity index (χ3n) is 1.67. The van der Waals surface area contributed by atoms with Crippen molar-refractivity contribution in [3.8, 4) is 0 Å². The van der Waals surface area contributed by atoms with E-state index in [-0.39, 0.29) is 5.56 Å². The molecule has 0 fully saturated rings. The fraction of sp³-hybridized carbons (Fsp3) is 0.444. The van der Waals surface area contributed by atoms with Crippen LogP contribution in [-0.4, -0.2) is 22.5 Å². The number of carbonyl (C=O) groups excluding carboxylic acids is 1. The first-order valence-corrected chi connectivity index (χ1v) is 4.45. The normalized spacial score (nSPS) is 9.79. The Kier molecular flexibility index (Phi) is 3.84. The predicted molar refractivity (Wildman–Crippen MR) is 50.0 cm³/mol. The van der Waals surface area contributed by atoms with Gasteiger partial charge in [0.25, 0.3) is 5.56 Å². The van der Waals surface area contributed by atoms with E-state index in [4.69, 9.17) is 4.74 Å². The second-order valence-corrected chi connectivity index (χ2v) is 2.78. The van der Waals surface area contributed by atoms with E-state index in [2.05, 4.69) is 9.97 Å². The minimum atomic E-state index is -0.618.